The van der Waals surface area contributed by atoms with Gasteiger partial charge in [0.15, 0.2) is 0 Å². The second kappa shape index (κ2) is 10.8. The van der Waals surface area contributed by atoms with Crippen molar-refractivity contribution in [1.82, 2.24) is 4.98 Å². The highest BCUT2D eigenvalue weighted by Crippen LogP contribution is 2.39. The van der Waals surface area contributed by atoms with Crippen LogP contribution in [0.1, 0.15) is 50.0 Å². The molecule has 3 rings (SSSR count). The molecule has 2 aromatic rings. The Kier molecular flexibility index (Phi) is 8.15. The zero-order chi connectivity index (χ0) is 22.3. The number of methoxy groups -OCH3 is 2. The van der Waals surface area contributed by atoms with Crippen LogP contribution in [0.5, 0.6) is 0 Å². The molecule has 1 aliphatic rings. The Balaban J connectivity index is 1.76. The van der Waals surface area contributed by atoms with Crippen LogP contribution in [0.25, 0.3) is 17.0 Å². The number of hydrogen-bond donors (Lipinski definition) is 1. The molecule has 0 saturated heterocycles. The molecule has 7 heteroatoms. The van der Waals surface area contributed by atoms with Crippen LogP contribution >= 0.6 is 0 Å². The number of aromatic nitrogens is 1. The summed E-state index contributed by atoms with van der Waals surface area (Å²) in [7, 11) is 3.17. The van der Waals surface area contributed by atoms with Gasteiger partial charge in [-0.1, -0.05) is 30.4 Å². The van der Waals surface area contributed by atoms with Crippen LogP contribution in [0.4, 0.5) is 0 Å². The molecule has 1 aliphatic carbocycles. The molecule has 1 atom stereocenters. The third-order valence-electron chi connectivity index (χ3n) is 5.86. The molecule has 0 radical (unpaired) electrons. The van der Waals surface area contributed by atoms with Crippen molar-refractivity contribution in [3.63, 3.8) is 0 Å². The summed E-state index contributed by atoms with van der Waals surface area (Å²) in [5.41, 5.74) is 1.70. The molecule has 1 fully saturated rings. The number of hydrogen-bond acceptors (Lipinski definition) is 6. The highest BCUT2D eigenvalue weighted by molar-refractivity contribution is 5.83. The van der Waals surface area contributed by atoms with Crippen molar-refractivity contribution in [3.05, 3.63) is 47.7 Å². The van der Waals surface area contributed by atoms with E-state index in [9.17, 15) is 9.90 Å². The summed E-state index contributed by atoms with van der Waals surface area (Å²) in [4.78, 5) is 16.8. The predicted molar refractivity (Wildman–Crippen MR) is 117 cm³/mol. The number of nitrogens with zero attached hydrogens (tertiary/aromatic N) is 1. The van der Waals surface area contributed by atoms with Gasteiger partial charge in [-0.05, 0) is 50.3 Å². The minimum absolute atomic E-state index is 0.0476. The maximum atomic E-state index is 12.1. The molecule has 0 unspecified atom stereocenters. The van der Waals surface area contributed by atoms with Crippen LogP contribution in [0, 0.1) is 5.41 Å². The van der Waals surface area contributed by atoms with E-state index >= 15 is 0 Å². The molecule has 7 nitrogen and oxygen atoms in total. The Bertz CT molecular complexity index is 904. The molecule has 0 bridgehead atoms. The molecule has 168 valence electrons. The van der Waals surface area contributed by atoms with E-state index in [1.807, 2.05) is 49.4 Å². The summed E-state index contributed by atoms with van der Waals surface area (Å²) in [6.45, 7) is 2.38. The Morgan fingerprint density at radius 1 is 1.19 bits per heavy atom. The van der Waals surface area contributed by atoms with Crippen LogP contribution in [0.3, 0.4) is 0 Å². The van der Waals surface area contributed by atoms with Crippen LogP contribution in [-0.4, -0.2) is 50.0 Å². The first-order valence-electron chi connectivity index (χ1n) is 10.5. The number of fused-ring (bicyclic) bond motifs is 1. The van der Waals surface area contributed by atoms with E-state index in [0.29, 0.717) is 25.7 Å². The molecule has 1 N–H and O–H groups in total. The van der Waals surface area contributed by atoms with Gasteiger partial charge in [-0.3, -0.25) is 9.78 Å². The predicted octanol–water partition coefficient (Wildman–Crippen LogP) is 4.56. The Morgan fingerprint density at radius 3 is 2.58 bits per heavy atom. The molecule has 1 saturated carbocycles. The lowest BCUT2D eigenvalue weighted by molar-refractivity contribution is -0.150. The van der Waals surface area contributed by atoms with E-state index in [4.69, 9.17) is 23.9 Å². The Labute approximate surface area is 183 Å². The lowest BCUT2D eigenvalue weighted by Crippen LogP contribution is -2.36. The normalized spacial score (nSPS) is 22.7. The smallest absolute Gasteiger partial charge is 0.313 e. The van der Waals surface area contributed by atoms with Crippen molar-refractivity contribution in [2.45, 2.75) is 44.8 Å². The molecular weight excluding hydrogens is 398 g/mol. The van der Waals surface area contributed by atoms with Crippen molar-refractivity contribution in [2.24, 2.45) is 5.41 Å². The maximum absolute atomic E-state index is 12.1. The van der Waals surface area contributed by atoms with Crippen LogP contribution in [-0.2, 0) is 23.7 Å². The van der Waals surface area contributed by atoms with Crippen molar-refractivity contribution >= 4 is 22.9 Å². The molecule has 1 heterocycles. The van der Waals surface area contributed by atoms with Gasteiger partial charge in [0.1, 0.15) is 13.6 Å². The molecule has 0 aliphatic heterocycles. The quantitative estimate of drug-likeness (QED) is 0.554. The van der Waals surface area contributed by atoms with Gasteiger partial charge in [-0.2, -0.15) is 0 Å². The fraction of sp³-hybridized carbons (Fsp3) is 0.500. The van der Waals surface area contributed by atoms with E-state index in [0.717, 1.165) is 22.2 Å². The summed E-state index contributed by atoms with van der Waals surface area (Å²) >= 11 is 0. The lowest BCUT2D eigenvalue weighted by Gasteiger charge is -2.34. The minimum Gasteiger partial charge on any atom is -0.481 e. The number of carboxylic acid groups (broad SMARTS) is 1. The fourth-order valence-corrected chi connectivity index (χ4v) is 3.88. The summed E-state index contributed by atoms with van der Waals surface area (Å²) in [6.07, 6.45) is 6.06. The number of pyridine rings is 1. The Hall–Kier alpha value is -2.32. The zero-order valence-corrected chi connectivity index (χ0v) is 18.4. The van der Waals surface area contributed by atoms with Crippen molar-refractivity contribution in [1.29, 1.82) is 0 Å². The SMILES string of the molecule is COCO[C@H](C)c1ccc2ccc(/C=C/[C@]3(C(=O)O)CC[C@H](OCOC)CC3)cc2n1. The van der Waals surface area contributed by atoms with E-state index in [-0.39, 0.29) is 25.8 Å². The summed E-state index contributed by atoms with van der Waals surface area (Å²) in [6, 6.07) is 9.91. The average molecular weight is 430 g/mol. The number of aliphatic carboxylic acids is 1. The number of ether oxygens (including phenoxy) is 4. The lowest BCUT2D eigenvalue weighted by atomic mass is 9.72. The second-order valence-corrected chi connectivity index (χ2v) is 7.97. The third kappa shape index (κ3) is 5.89. The van der Waals surface area contributed by atoms with Gasteiger partial charge >= 0.3 is 5.97 Å². The van der Waals surface area contributed by atoms with Gasteiger partial charge in [0.2, 0.25) is 0 Å². The van der Waals surface area contributed by atoms with Crippen molar-refractivity contribution < 1.29 is 28.8 Å². The van der Waals surface area contributed by atoms with Gasteiger partial charge in [0.25, 0.3) is 0 Å². The largest absolute Gasteiger partial charge is 0.481 e. The fourth-order valence-electron chi connectivity index (χ4n) is 3.88. The van der Waals surface area contributed by atoms with Gasteiger partial charge < -0.3 is 24.1 Å². The minimum atomic E-state index is -0.875. The number of benzene rings is 1. The summed E-state index contributed by atoms with van der Waals surface area (Å²) in [5, 5.41) is 10.9. The average Bonchev–Trinajstić information content (AvgIpc) is 2.79. The van der Waals surface area contributed by atoms with E-state index in [1.165, 1.54) is 0 Å². The van der Waals surface area contributed by atoms with Crippen molar-refractivity contribution in [3.8, 4) is 0 Å². The van der Waals surface area contributed by atoms with Gasteiger partial charge in [0, 0.05) is 19.6 Å². The highest BCUT2D eigenvalue weighted by Gasteiger charge is 2.40. The molecule has 31 heavy (non-hydrogen) atoms. The molecule has 1 aromatic carbocycles. The highest BCUT2D eigenvalue weighted by atomic mass is 16.7. The standard InChI is InChI=1S/C24H31NO6/c1-17(30-15-28-2)21-7-6-19-5-4-18(14-22(19)25-21)8-11-24(23(26)27)12-9-20(10-13-24)31-16-29-3/h4-8,11,14,17,20H,9-10,12-13,15-16H2,1-3H3,(H,26,27)/b11-8+/t17-,20-,24-/m1/s1. The third-order valence-corrected chi connectivity index (χ3v) is 5.86. The topological polar surface area (TPSA) is 87.1 Å². The molecular formula is C24H31NO6. The first kappa shape index (κ1) is 23.3. The molecule has 0 amide bonds. The first-order valence-corrected chi connectivity index (χ1v) is 10.5. The number of rotatable bonds is 10. The van der Waals surface area contributed by atoms with Gasteiger partial charge in [-0.15, -0.1) is 0 Å². The number of carbonyl (C=O) groups is 1. The summed E-state index contributed by atoms with van der Waals surface area (Å²) in [5.74, 6) is -0.792. The monoisotopic (exact) mass is 429 g/mol. The van der Waals surface area contributed by atoms with Crippen LogP contribution in [0.2, 0.25) is 0 Å². The number of carboxylic acids is 1. The van der Waals surface area contributed by atoms with Crippen LogP contribution in [0.15, 0.2) is 36.4 Å². The van der Waals surface area contributed by atoms with E-state index in [2.05, 4.69) is 0 Å². The van der Waals surface area contributed by atoms with E-state index in [1.54, 1.807) is 14.2 Å². The first-order chi connectivity index (χ1) is 15.0. The second-order valence-electron chi connectivity index (χ2n) is 7.97. The van der Waals surface area contributed by atoms with Gasteiger partial charge in [-0.25, -0.2) is 0 Å². The zero-order valence-electron chi connectivity index (χ0n) is 18.4. The van der Waals surface area contributed by atoms with Gasteiger partial charge in [0.05, 0.1) is 28.8 Å². The summed E-state index contributed by atoms with van der Waals surface area (Å²) < 4.78 is 21.1. The Morgan fingerprint density at radius 2 is 1.90 bits per heavy atom. The van der Waals surface area contributed by atoms with Crippen LogP contribution < -0.4 is 0 Å². The van der Waals surface area contributed by atoms with Crippen molar-refractivity contribution in [2.75, 3.05) is 27.8 Å². The maximum Gasteiger partial charge on any atom is 0.313 e. The van der Waals surface area contributed by atoms with E-state index < -0.39 is 11.4 Å². The molecule has 1 aromatic heterocycles. The molecule has 0 spiro atoms.